The number of carbonyl (C=O) groups is 2. The lowest BCUT2D eigenvalue weighted by molar-refractivity contribution is -0.672. The summed E-state index contributed by atoms with van der Waals surface area (Å²) in [6.45, 7) is 0.464. The molecule has 0 aromatic heterocycles. The lowest BCUT2D eigenvalue weighted by Crippen LogP contribution is -2.18. The maximum absolute atomic E-state index is 11.8. The molecule has 0 bridgehead atoms. The molecule has 0 fully saturated rings. The van der Waals surface area contributed by atoms with Crippen molar-refractivity contribution in [2.75, 3.05) is 11.9 Å². The number of thiol groups is 1. The molecule has 0 aliphatic carbocycles. The lowest BCUT2D eigenvalue weighted by atomic mass is 10.0. The molecule has 7 nitrogen and oxygen atoms in total. The second-order valence-electron chi connectivity index (χ2n) is 6.57. The van der Waals surface area contributed by atoms with Crippen LogP contribution in [0, 0.1) is 0 Å². The molecule has 0 radical (unpaired) electrons. The topological polar surface area (TPSA) is 93.7 Å². The van der Waals surface area contributed by atoms with Crippen LogP contribution in [0.2, 0.25) is 10.0 Å². The third kappa shape index (κ3) is 5.19. The van der Waals surface area contributed by atoms with E-state index in [9.17, 15) is 9.59 Å². The number of anilines is 1. The molecular weight excluding hydrogens is 449 g/mol. The number of benzene rings is 2. The van der Waals surface area contributed by atoms with E-state index in [2.05, 4.69) is 18.2 Å². The van der Waals surface area contributed by atoms with E-state index >= 15 is 0 Å². The number of fused-ring (bicyclic) bond motifs is 1. The van der Waals surface area contributed by atoms with Crippen LogP contribution in [0.4, 0.5) is 11.4 Å². The molecule has 0 spiro atoms. The van der Waals surface area contributed by atoms with Crippen LogP contribution < -0.4 is 15.8 Å². The number of ether oxygens (including phenoxy) is 1. The summed E-state index contributed by atoms with van der Waals surface area (Å²) < 4.78 is 12.1. The Bertz CT molecular complexity index is 1010. The van der Waals surface area contributed by atoms with Gasteiger partial charge in [0.1, 0.15) is 24.2 Å². The zero-order valence-corrected chi connectivity index (χ0v) is 18.3. The second kappa shape index (κ2) is 10.1. The highest BCUT2D eigenvalue weighted by Gasteiger charge is 2.25. The number of amides is 2. The maximum Gasteiger partial charge on any atom is 0.272 e. The summed E-state index contributed by atoms with van der Waals surface area (Å²) in [6, 6.07) is 8.73. The van der Waals surface area contributed by atoms with Crippen LogP contribution in [-0.2, 0) is 15.5 Å². The molecule has 0 saturated heterocycles. The van der Waals surface area contributed by atoms with Crippen LogP contribution in [0.25, 0.3) is 0 Å². The van der Waals surface area contributed by atoms with Gasteiger partial charge in [0.05, 0.1) is 16.7 Å². The van der Waals surface area contributed by atoms with Crippen LogP contribution in [0.5, 0.6) is 5.75 Å². The standard InChI is InChI=1S/C20H19Cl2N3O4S/c21-14-5-7-16(18(19(14)22)20(23)27)25(29-30)9-1-2-10-28-13-4-6-15-12(11-13)3-8-17(26)24-15/h4-7,9,11H,1-3,8,10H2,(H3-,23,24,26,27,30)/p+1. The van der Waals surface area contributed by atoms with Gasteiger partial charge in [0.25, 0.3) is 11.6 Å². The molecule has 2 amide bonds. The van der Waals surface area contributed by atoms with Gasteiger partial charge in [0, 0.05) is 29.3 Å². The van der Waals surface area contributed by atoms with Crippen molar-refractivity contribution in [3.63, 3.8) is 0 Å². The first-order valence-electron chi connectivity index (χ1n) is 9.18. The molecule has 0 atom stereocenters. The molecule has 1 aliphatic rings. The number of unbranched alkanes of at least 4 members (excludes halogenated alkanes) is 1. The number of primary amides is 1. The quantitative estimate of drug-likeness (QED) is 0.134. The summed E-state index contributed by atoms with van der Waals surface area (Å²) in [4.78, 5) is 23.2. The molecular formula is C20H20Cl2N3O4S+. The number of nitrogens with one attached hydrogen (secondary N) is 1. The van der Waals surface area contributed by atoms with E-state index in [-0.39, 0.29) is 21.5 Å². The van der Waals surface area contributed by atoms with Crippen LogP contribution in [0.1, 0.15) is 35.2 Å². The largest absolute Gasteiger partial charge is 0.494 e. The number of hydrogen-bond donors (Lipinski definition) is 3. The molecule has 0 unspecified atom stereocenters. The Hall–Kier alpha value is -2.42. The van der Waals surface area contributed by atoms with E-state index in [1.807, 2.05) is 18.2 Å². The average molecular weight is 469 g/mol. The fourth-order valence-corrected chi connectivity index (χ4v) is 3.63. The summed E-state index contributed by atoms with van der Waals surface area (Å²) in [5, 5.41) is 3.11. The van der Waals surface area contributed by atoms with E-state index < -0.39 is 5.91 Å². The third-order valence-corrected chi connectivity index (χ3v) is 5.51. The number of rotatable bonds is 8. The monoisotopic (exact) mass is 468 g/mol. The minimum absolute atomic E-state index is 0.0316. The minimum atomic E-state index is -0.729. The predicted molar refractivity (Wildman–Crippen MR) is 119 cm³/mol. The lowest BCUT2D eigenvalue weighted by Gasteiger charge is -2.17. The first-order chi connectivity index (χ1) is 14.4. The van der Waals surface area contributed by atoms with Gasteiger partial charge in [-0.2, -0.15) is 4.28 Å². The smallest absolute Gasteiger partial charge is 0.272 e. The minimum Gasteiger partial charge on any atom is -0.494 e. The van der Waals surface area contributed by atoms with Crippen molar-refractivity contribution in [2.45, 2.75) is 25.7 Å². The summed E-state index contributed by atoms with van der Waals surface area (Å²) >= 11 is 15.9. The van der Waals surface area contributed by atoms with Gasteiger partial charge in [-0.15, -0.1) is 0 Å². The molecule has 30 heavy (non-hydrogen) atoms. The summed E-state index contributed by atoms with van der Waals surface area (Å²) in [5.41, 5.74) is 7.71. The first kappa shape index (κ1) is 22.3. The number of halogens is 2. The van der Waals surface area contributed by atoms with Crippen molar-refractivity contribution in [1.82, 2.24) is 0 Å². The molecule has 3 rings (SSSR count). The third-order valence-electron chi connectivity index (χ3n) is 4.53. The van der Waals surface area contributed by atoms with Crippen molar-refractivity contribution >= 4 is 65.5 Å². The van der Waals surface area contributed by atoms with Gasteiger partial charge in [0.2, 0.25) is 12.1 Å². The average Bonchev–Trinajstić information content (AvgIpc) is 2.72. The van der Waals surface area contributed by atoms with E-state index in [0.29, 0.717) is 38.0 Å². The Labute approximate surface area is 189 Å². The summed E-state index contributed by atoms with van der Waals surface area (Å²) in [7, 11) is 0. The molecule has 1 heterocycles. The molecule has 0 saturated carbocycles. The Morgan fingerprint density at radius 1 is 1.27 bits per heavy atom. The summed E-state index contributed by atoms with van der Waals surface area (Å²) in [6.07, 6.45) is 4.12. The van der Waals surface area contributed by atoms with Gasteiger partial charge in [-0.3, -0.25) is 9.59 Å². The Kier molecular flexibility index (Phi) is 7.47. The number of nitrogens with two attached hydrogens (primary N) is 1. The second-order valence-corrected chi connectivity index (χ2v) is 7.52. The van der Waals surface area contributed by atoms with E-state index in [1.54, 1.807) is 18.3 Å². The maximum atomic E-state index is 11.8. The van der Waals surface area contributed by atoms with E-state index in [0.717, 1.165) is 17.0 Å². The first-order valence-corrected chi connectivity index (χ1v) is 10.3. The van der Waals surface area contributed by atoms with Crippen LogP contribution >= 0.6 is 36.1 Å². The molecule has 10 heteroatoms. The van der Waals surface area contributed by atoms with Crippen molar-refractivity contribution in [3.05, 3.63) is 51.5 Å². The van der Waals surface area contributed by atoms with E-state index in [1.165, 1.54) is 4.74 Å². The van der Waals surface area contributed by atoms with Gasteiger partial charge in [-0.1, -0.05) is 23.2 Å². The Morgan fingerprint density at radius 2 is 2.07 bits per heavy atom. The highest BCUT2D eigenvalue weighted by molar-refractivity contribution is 7.74. The number of nitrogens with zero attached hydrogens (tertiary/aromatic N) is 1. The Balaban J connectivity index is 1.61. The van der Waals surface area contributed by atoms with Gasteiger partial charge in [0.15, 0.2) is 0 Å². The highest BCUT2D eigenvalue weighted by atomic mass is 35.5. The number of hydrogen-bond acceptors (Lipinski definition) is 5. The predicted octanol–water partition coefficient (Wildman–Crippen LogP) is 4.33. The SMILES string of the molecule is NC(=O)c1c([N+](=CCCCOc2ccc3c(c2)CCC(=O)N3)OS)ccc(Cl)c1Cl. The van der Waals surface area contributed by atoms with Crippen LogP contribution in [0.3, 0.4) is 0 Å². The zero-order chi connectivity index (χ0) is 21.7. The number of carbonyl (C=O) groups excluding carboxylic acids is 2. The van der Waals surface area contributed by atoms with Crippen LogP contribution in [0.15, 0.2) is 30.3 Å². The molecule has 1 aliphatic heterocycles. The van der Waals surface area contributed by atoms with Gasteiger partial charge < -0.3 is 15.8 Å². The van der Waals surface area contributed by atoms with Crippen molar-refractivity contribution in [1.29, 1.82) is 0 Å². The van der Waals surface area contributed by atoms with Gasteiger partial charge in [-0.25, -0.2) is 0 Å². The molecule has 2 aromatic rings. The zero-order valence-electron chi connectivity index (χ0n) is 15.9. The van der Waals surface area contributed by atoms with Gasteiger partial charge in [-0.05, 0) is 42.7 Å². The van der Waals surface area contributed by atoms with Crippen molar-refractivity contribution in [2.24, 2.45) is 5.73 Å². The molecule has 158 valence electrons. The summed E-state index contributed by atoms with van der Waals surface area (Å²) in [5.74, 6) is 0.0463. The molecule has 2 aromatic carbocycles. The Morgan fingerprint density at radius 3 is 2.80 bits per heavy atom. The highest BCUT2D eigenvalue weighted by Crippen LogP contribution is 2.33. The molecule has 3 N–H and O–H groups in total. The fraction of sp³-hybridized carbons (Fsp3) is 0.250. The fourth-order valence-electron chi connectivity index (χ4n) is 3.07. The van der Waals surface area contributed by atoms with E-state index in [4.69, 9.17) is 38.0 Å². The van der Waals surface area contributed by atoms with Crippen molar-refractivity contribution in [3.8, 4) is 5.75 Å². The number of aryl methyl sites for hydroxylation is 1. The van der Waals surface area contributed by atoms with Crippen molar-refractivity contribution < 1.29 is 23.3 Å². The van der Waals surface area contributed by atoms with Crippen LogP contribution in [-0.4, -0.2) is 29.4 Å². The normalized spacial score (nSPS) is 13.4. The van der Waals surface area contributed by atoms with Gasteiger partial charge >= 0.3 is 0 Å².